The molecule has 1 aliphatic heterocycles. The summed E-state index contributed by atoms with van der Waals surface area (Å²) in [7, 11) is 1.50. The molecule has 118 valence electrons. The Morgan fingerprint density at radius 2 is 2.00 bits per heavy atom. The van der Waals surface area contributed by atoms with Gasteiger partial charge in [0.05, 0.1) is 23.9 Å². The average Bonchev–Trinajstić information content (AvgIpc) is 2.44. The van der Waals surface area contributed by atoms with E-state index in [9.17, 15) is 15.0 Å². The van der Waals surface area contributed by atoms with Gasteiger partial charge in [0.15, 0.2) is 5.58 Å². The molecule has 0 amide bonds. The molecule has 0 aliphatic carbocycles. The van der Waals surface area contributed by atoms with Gasteiger partial charge in [0.25, 0.3) is 0 Å². The molecule has 0 saturated carbocycles. The second-order valence-electron chi connectivity index (χ2n) is 5.87. The van der Waals surface area contributed by atoms with Crippen LogP contribution >= 0.6 is 0 Å². The molecule has 1 aromatic heterocycles. The zero-order chi connectivity index (χ0) is 16.4. The normalized spacial score (nSPS) is 19.8. The van der Waals surface area contributed by atoms with Gasteiger partial charge in [-0.2, -0.15) is 0 Å². The first-order chi connectivity index (χ1) is 10.9. The molecule has 0 spiro atoms. The Hall–Kier alpha value is -2.73. The fourth-order valence-corrected chi connectivity index (χ4v) is 3.16. The van der Waals surface area contributed by atoms with Crippen LogP contribution < -0.4 is 15.1 Å². The number of rotatable bonds is 1. The lowest BCUT2D eigenvalue weighted by molar-refractivity contribution is -0.122. The minimum absolute atomic E-state index is 0.0523. The fourth-order valence-electron chi connectivity index (χ4n) is 3.16. The number of aromatic hydroxyl groups is 1. The van der Waals surface area contributed by atoms with Crippen molar-refractivity contribution >= 4 is 21.7 Å². The number of phenolic OH excluding ortho intramolecular Hbond substituents is 1. The number of aliphatic hydroxyl groups is 1. The van der Waals surface area contributed by atoms with Crippen LogP contribution in [0, 0.1) is 0 Å². The van der Waals surface area contributed by atoms with Crippen LogP contribution in [0.5, 0.6) is 17.2 Å². The van der Waals surface area contributed by atoms with Gasteiger partial charge in [-0.05, 0) is 23.1 Å². The molecule has 6 heteroatoms. The van der Waals surface area contributed by atoms with Gasteiger partial charge in [-0.15, -0.1) is 0 Å². The number of benzene rings is 2. The Labute approximate surface area is 130 Å². The summed E-state index contributed by atoms with van der Waals surface area (Å²) in [5.41, 5.74) is 0.407. The highest BCUT2D eigenvalue weighted by atomic mass is 16.6. The van der Waals surface area contributed by atoms with Crippen molar-refractivity contribution in [1.29, 1.82) is 0 Å². The summed E-state index contributed by atoms with van der Waals surface area (Å²) < 4.78 is 16.0. The van der Waals surface area contributed by atoms with E-state index in [4.69, 9.17) is 13.9 Å². The molecular weight excluding hydrogens is 300 g/mol. The smallest absolute Gasteiger partial charge is 0.339 e. The molecule has 0 saturated heterocycles. The number of hydrogen-bond acceptors (Lipinski definition) is 6. The van der Waals surface area contributed by atoms with Gasteiger partial charge in [-0.25, -0.2) is 4.79 Å². The lowest BCUT2D eigenvalue weighted by Gasteiger charge is -2.30. The highest BCUT2D eigenvalue weighted by Crippen LogP contribution is 2.43. The SMILES string of the molecule is COc1cc(O)c2c(c1)cc1c3c(cc(=O)oc32)OC(C)(O)C1. The zero-order valence-electron chi connectivity index (χ0n) is 12.5. The highest BCUT2D eigenvalue weighted by molar-refractivity contribution is 6.11. The van der Waals surface area contributed by atoms with E-state index in [-0.39, 0.29) is 23.5 Å². The molecule has 2 N–H and O–H groups in total. The van der Waals surface area contributed by atoms with Gasteiger partial charge in [0.1, 0.15) is 17.2 Å². The van der Waals surface area contributed by atoms with E-state index in [0.717, 1.165) is 5.56 Å². The van der Waals surface area contributed by atoms with E-state index in [1.165, 1.54) is 26.2 Å². The number of ether oxygens (including phenoxy) is 2. The van der Waals surface area contributed by atoms with E-state index in [1.807, 2.05) is 6.07 Å². The van der Waals surface area contributed by atoms with E-state index in [2.05, 4.69) is 0 Å². The van der Waals surface area contributed by atoms with Crippen LogP contribution in [0.25, 0.3) is 21.7 Å². The van der Waals surface area contributed by atoms with E-state index >= 15 is 0 Å². The predicted octanol–water partition coefficient (Wildman–Crippen LogP) is 2.30. The van der Waals surface area contributed by atoms with E-state index < -0.39 is 11.4 Å². The summed E-state index contributed by atoms with van der Waals surface area (Å²) in [6.45, 7) is 1.53. The Bertz CT molecular complexity index is 1020. The number of phenols is 1. The molecule has 23 heavy (non-hydrogen) atoms. The molecule has 0 bridgehead atoms. The van der Waals surface area contributed by atoms with Gasteiger partial charge in [-0.1, -0.05) is 0 Å². The Morgan fingerprint density at radius 3 is 2.74 bits per heavy atom. The van der Waals surface area contributed by atoms with Crippen LogP contribution in [0.3, 0.4) is 0 Å². The summed E-state index contributed by atoms with van der Waals surface area (Å²) in [6, 6.07) is 6.23. The van der Waals surface area contributed by atoms with Gasteiger partial charge in [0.2, 0.25) is 5.79 Å². The maximum Gasteiger partial charge on any atom is 0.339 e. The zero-order valence-corrected chi connectivity index (χ0v) is 12.5. The highest BCUT2D eigenvalue weighted by Gasteiger charge is 2.32. The van der Waals surface area contributed by atoms with Gasteiger partial charge in [0, 0.05) is 19.4 Å². The van der Waals surface area contributed by atoms with E-state index in [1.54, 1.807) is 6.07 Å². The monoisotopic (exact) mass is 314 g/mol. The van der Waals surface area contributed by atoms with Crippen LogP contribution in [0.4, 0.5) is 0 Å². The van der Waals surface area contributed by atoms with Gasteiger partial charge in [-0.3, -0.25) is 0 Å². The molecule has 1 aliphatic rings. The van der Waals surface area contributed by atoms with Gasteiger partial charge < -0.3 is 24.1 Å². The number of hydrogen-bond donors (Lipinski definition) is 2. The molecule has 0 fully saturated rings. The molecule has 4 rings (SSSR count). The van der Waals surface area contributed by atoms with Crippen molar-refractivity contribution in [2.45, 2.75) is 19.1 Å². The largest absolute Gasteiger partial charge is 0.507 e. The standard InChI is InChI=1S/C17H14O6/c1-17(20)7-9-3-8-4-10(21-2)5-11(18)14(8)16-15(9)12(23-17)6-13(19)22-16/h3-6,18,20H,7H2,1-2H3. The molecule has 6 nitrogen and oxygen atoms in total. The van der Waals surface area contributed by atoms with Crippen LogP contribution in [0.15, 0.2) is 33.5 Å². The summed E-state index contributed by atoms with van der Waals surface area (Å²) >= 11 is 0. The lowest BCUT2D eigenvalue weighted by atomic mass is 9.94. The van der Waals surface area contributed by atoms with Crippen LogP contribution in [0.2, 0.25) is 0 Å². The fraction of sp³-hybridized carbons (Fsp3) is 0.235. The molecule has 1 unspecified atom stereocenters. The first-order valence-corrected chi connectivity index (χ1v) is 7.10. The van der Waals surface area contributed by atoms with Crippen molar-refractivity contribution in [2.75, 3.05) is 7.11 Å². The summed E-state index contributed by atoms with van der Waals surface area (Å²) in [5, 5.41) is 22.2. The maximum absolute atomic E-state index is 11.9. The minimum atomic E-state index is -1.41. The lowest BCUT2D eigenvalue weighted by Crippen LogP contribution is -2.37. The number of fused-ring (bicyclic) bond motifs is 2. The third-order valence-electron chi connectivity index (χ3n) is 4.01. The Balaban J connectivity index is 2.22. The summed E-state index contributed by atoms with van der Waals surface area (Å²) in [6.07, 6.45) is 0.234. The van der Waals surface area contributed by atoms with Crippen molar-refractivity contribution in [3.63, 3.8) is 0 Å². The third-order valence-corrected chi connectivity index (χ3v) is 4.01. The molecule has 2 heterocycles. The third kappa shape index (κ3) is 2.03. The van der Waals surface area contributed by atoms with Crippen molar-refractivity contribution in [2.24, 2.45) is 0 Å². The van der Waals surface area contributed by atoms with Crippen molar-refractivity contribution in [3.8, 4) is 17.2 Å². The van der Waals surface area contributed by atoms with Crippen molar-refractivity contribution < 1.29 is 24.1 Å². The van der Waals surface area contributed by atoms with E-state index in [0.29, 0.717) is 21.9 Å². The second kappa shape index (κ2) is 4.39. The van der Waals surface area contributed by atoms with Crippen LogP contribution in [-0.4, -0.2) is 23.1 Å². The van der Waals surface area contributed by atoms with Crippen LogP contribution in [-0.2, 0) is 6.42 Å². The quantitative estimate of drug-likeness (QED) is 0.529. The molecule has 3 aromatic rings. The first-order valence-electron chi connectivity index (χ1n) is 7.10. The van der Waals surface area contributed by atoms with Gasteiger partial charge >= 0.3 is 5.63 Å². The molecule has 1 atom stereocenters. The van der Waals surface area contributed by atoms with Crippen molar-refractivity contribution in [1.82, 2.24) is 0 Å². The Morgan fingerprint density at radius 1 is 1.22 bits per heavy atom. The predicted molar refractivity (Wildman–Crippen MR) is 83.2 cm³/mol. The summed E-state index contributed by atoms with van der Waals surface area (Å²) in [4.78, 5) is 11.9. The molecular formula is C17H14O6. The van der Waals surface area contributed by atoms with Crippen LogP contribution in [0.1, 0.15) is 12.5 Å². The minimum Gasteiger partial charge on any atom is -0.507 e. The Kier molecular flexibility index (Phi) is 2.65. The van der Waals surface area contributed by atoms with Crippen molar-refractivity contribution in [3.05, 3.63) is 40.2 Å². The molecule has 0 radical (unpaired) electrons. The topological polar surface area (TPSA) is 89.1 Å². The summed E-state index contributed by atoms with van der Waals surface area (Å²) in [5.74, 6) is -0.732. The first kappa shape index (κ1) is 13.9. The molecule has 2 aromatic carbocycles. The number of methoxy groups -OCH3 is 1. The average molecular weight is 314 g/mol. The maximum atomic E-state index is 11.9. The second-order valence-corrected chi connectivity index (χ2v) is 5.87.